The van der Waals surface area contributed by atoms with Crippen molar-refractivity contribution in [1.29, 1.82) is 0 Å². The smallest absolute Gasteiger partial charge is 0.345 e. The Morgan fingerprint density at radius 2 is 2.10 bits per heavy atom. The minimum absolute atomic E-state index is 0.000715. The maximum atomic E-state index is 12.6. The van der Waals surface area contributed by atoms with Gasteiger partial charge < -0.3 is 19.3 Å². The molecule has 8 nitrogen and oxygen atoms in total. The molecule has 31 heavy (non-hydrogen) atoms. The topological polar surface area (TPSA) is 112 Å². The minimum atomic E-state index is -0.631. The van der Waals surface area contributed by atoms with Crippen LogP contribution in [0.3, 0.4) is 0 Å². The lowest BCUT2D eigenvalue weighted by Gasteiger charge is -2.17. The average Bonchev–Trinajstić information content (AvgIpc) is 3.17. The van der Waals surface area contributed by atoms with E-state index in [9.17, 15) is 19.5 Å². The van der Waals surface area contributed by atoms with Gasteiger partial charge in [-0.1, -0.05) is 11.6 Å². The fraction of sp³-hybridized carbons (Fsp3) is 0.304. The largest absolute Gasteiger partial charge is 0.507 e. The molecule has 1 aromatic heterocycles. The number of carbonyl (C=O) groups excluding carboxylic acids is 3. The van der Waals surface area contributed by atoms with E-state index in [1.807, 2.05) is 13.0 Å². The van der Waals surface area contributed by atoms with Crippen molar-refractivity contribution in [2.24, 2.45) is 0 Å². The van der Waals surface area contributed by atoms with E-state index in [-0.39, 0.29) is 48.0 Å². The summed E-state index contributed by atoms with van der Waals surface area (Å²) >= 11 is 0. The molecule has 0 unspecified atom stereocenters. The molecule has 0 saturated heterocycles. The maximum absolute atomic E-state index is 12.6. The second-order valence-corrected chi connectivity index (χ2v) is 7.17. The molecule has 2 heterocycles. The van der Waals surface area contributed by atoms with E-state index in [1.165, 1.54) is 13.3 Å². The number of phenols is 1. The molecular weight excluding hydrogens is 402 g/mol. The highest BCUT2D eigenvalue weighted by Crippen LogP contribution is 2.42. The summed E-state index contributed by atoms with van der Waals surface area (Å²) < 4.78 is 15.4. The molecule has 8 heteroatoms. The van der Waals surface area contributed by atoms with Crippen LogP contribution >= 0.6 is 0 Å². The van der Waals surface area contributed by atoms with E-state index in [2.05, 4.69) is 9.72 Å². The monoisotopic (exact) mass is 425 g/mol. The molecule has 1 aliphatic heterocycles. The van der Waals surface area contributed by atoms with E-state index in [0.29, 0.717) is 23.1 Å². The normalized spacial score (nSPS) is 12.9. The number of fused-ring (bicyclic) bond motifs is 1. The molecule has 0 aliphatic carbocycles. The number of rotatable bonds is 7. The zero-order valence-electron chi connectivity index (χ0n) is 17.6. The van der Waals surface area contributed by atoms with Crippen molar-refractivity contribution in [3.63, 3.8) is 0 Å². The van der Waals surface area contributed by atoms with Gasteiger partial charge in [0.15, 0.2) is 0 Å². The van der Waals surface area contributed by atoms with Crippen molar-refractivity contribution in [3.05, 3.63) is 64.0 Å². The summed E-state index contributed by atoms with van der Waals surface area (Å²) in [5.74, 6) is -1.66. The number of carbonyl (C=O) groups is 3. The summed E-state index contributed by atoms with van der Waals surface area (Å²) in [7, 11) is 1.33. The first-order valence-corrected chi connectivity index (χ1v) is 9.72. The molecule has 1 aromatic carbocycles. The molecule has 0 amide bonds. The van der Waals surface area contributed by atoms with Crippen LogP contribution in [0.1, 0.15) is 57.2 Å². The van der Waals surface area contributed by atoms with Crippen LogP contribution in [0.15, 0.2) is 36.2 Å². The Kier molecular flexibility index (Phi) is 6.69. The molecule has 0 radical (unpaired) electrons. The van der Waals surface area contributed by atoms with E-state index >= 15 is 0 Å². The van der Waals surface area contributed by atoms with Gasteiger partial charge in [0.1, 0.15) is 23.7 Å². The molecule has 0 fully saturated rings. The number of esters is 3. The van der Waals surface area contributed by atoms with Gasteiger partial charge in [-0.3, -0.25) is 9.78 Å². The standard InChI is InChI=1S/C23H23NO7/c1-13(7-9-18(25)29-3)6-8-16-20(26)19-17(12-30-23(19)28)14(2)21(16)31-22(27)15-5-4-10-24-11-15/h4-6,10-11,26H,7-9,12H2,1-3H3/b13-6+. The number of pyridine rings is 1. The van der Waals surface area contributed by atoms with Gasteiger partial charge in [-0.25, -0.2) is 9.59 Å². The second kappa shape index (κ2) is 9.42. The van der Waals surface area contributed by atoms with Crippen LogP contribution < -0.4 is 4.74 Å². The molecule has 0 saturated carbocycles. The Labute approximate surface area is 179 Å². The Morgan fingerprint density at radius 1 is 1.32 bits per heavy atom. The molecule has 0 atom stereocenters. The number of aromatic nitrogens is 1. The van der Waals surface area contributed by atoms with Crippen LogP contribution in [0.4, 0.5) is 0 Å². The number of hydrogen-bond acceptors (Lipinski definition) is 8. The summed E-state index contributed by atoms with van der Waals surface area (Å²) in [6, 6.07) is 3.19. The van der Waals surface area contributed by atoms with Gasteiger partial charge in [-0.15, -0.1) is 0 Å². The summed E-state index contributed by atoms with van der Waals surface area (Å²) in [5, 5.41) is 10.8. The molecule has 1 aliphatic rings. The number of benzene rings is 1. The van der Waals surface area contributed by atoms with E-state index in [1.54, 1.807) is 25.3 Å². The lowest BCUT2D eigenvalue weighted by Crippen LogP contribution is -2.13. The third kappa shape index (κ3) is 4.74. The third-order valence-corrected chi connectivity index (χ3v) is 5.14. The number of ether oxygens (including phenoxy) is 3. The van der Waals surface area contributed by atoms with E-state index in [0.717, 1.165) is 5.57 Å². The fourth-order valence-electron chi connectivity index (χ4n) is 3.30. The van der Waals surface area contributed by atoms with Crippen molar-refractivity contribution in [2.45, 2.75) is 39.7 Å². The Morgan fingerprint density at radius 3 is 2.77 bits per heavy atom. The number of aromatic hydroxyl groups is 1. The van der Waals surface area contributed by atoms with Crippen LogP contribution in [0.2, 0.25) is 0 Å². The molecule has 0 spiro atoms. The predicted molar refractivity (Wildman–Crippen MR) is 110 cm³/mol. The van der Waals surface area contributed by atoms with Crippen molar-refractivity contribution in [1.82, 2.24) is 4.98 Å². The van der Waals surface area contributed by atoms with Gasteiger partial charge in [-0.2, -0.15) is 0 Å². The van der Waals surface area contributed by atoms with Crippen LogP contribution in [0.25, 0.3) is 0 Å². The van der Waals surface area contributed by atoms with Crippen molar-refractivity contribution < 1.29 is 33.7 Å². The fourth-order valence-corrected chi connectivity index (χ4v) is 3.30. The summed E-state index contributed by atoms with van der Waals surface area (Å²) in [5.41, 5.74) is 2.57. The summed E-state index contributed by atoms with van der Waals surface area (Å²) in [4.78, 5) is 40.0. The number of phenolic OH excluding ortho intramolecular Hbond substituents is 1. The van der Waals surface area contributed by atoms with Gasteiger partial charge in [0.25, 0.3) is 0 Å². The SMILES string of the molecule is COC(=O)CC/C(C)=C/Cc1c(O)c2c(c(C)c1OC(=O)c1cccnc1)COC2=O. The zero-order chi connectivity index (χ0) is 22.5. The van der Waals surface area contributed by atoms with Gasteiger partial charge in [-0.05, 0) is 44.4 Å². The highest BCUT2D eigenvalue weighted by molar-refractivity contribution is 5.98. The van der Waals surface area contributed by atoms with Gasteiger partial charge in [0, 0.05) is 29.9 Å². The third-order valence-electron chi connectivity index (χ3n) is 5.14. The summed E-state index contributed by atoms with van der Waals surface area (Å²) in [6.07, 6.45) is 5.63. The quantitative estimate of drug-likeness (QED) is 0.408. The highest BCUT2D eigenvalue weighted by atomic mass is 16.5. The maximum Gasteiger partial charge on any atom is 0.345 e. The van der Waals surface area contributed by atoms with Gasteiger partial charge >= 0.3 is 17.9 Å². The molecule has 2 aromatic rings. The van der Waals surface area contributed by atoms with E-state index < -0.39 is 11.9 Å². The first-order valence-electron chi connectivity index (χ1n) is 9.72. The first-order chi connectivity index (χ1) is 14.8. The Balaban J connectivity index is 1.97. The van der Waals surface area contributed by atoms with Crippen LogP contribution in [-0.4, -0.2) is 35.1 Å². The minimum Gasteiger partial charge on any atom is -0.507 e. The number of allylic oxidation sites excluding steroid dienone is 2. The van der Waals surface area contributed by atoms with Crippen LogP contribution in [0.5, 0.6) is 11.5 Å². The lowest BCUT2D eigenvalue weighted by atomic mass is 9.94. The average molecular weight is 425 g/mol. The van der Waals surface area contributed by atoms with Crippen molar-refractivity contribution in [3.8, 4) is 11.5 Å². The molecule has 162 valence electrons. The Hall–Kier alpha value is -3.68. The van der Waals surface area contributed by atoms with Gasteiger partial charge in [0.05, 0.1) is 12.7 Å². The number of methoxy groups -OCH3 is 1. The van der Waals surface area contributed by atoms with Crippen LogP contribution in [0, 0.1) is 6.92 Å². The number of hydrogen-bond donors (Lipinski definition) is 1. The first kappa shape index (κ1) is 22.0. The molecule has 3 rings (SSSR count). The molecule has 0 bridgehead atoms. The number of nitrogens with zero attached hydrogens (tertiary/aromatic N) is 1. The zero-order valence-corrected chi connectivity index (χ0v) is 17.6. The summed E-state index contributed by atoms with van der Waals surface area (Å²) in [6.45, 7) is 3.55. The predicted octanol–water partition coefficient (Wildman–Crippen LogP) is 3.43. The Bertz CT molecular complexity index is 1060. The molecular formula is C23H23NO7. The van der Waals surface area contributed by atoms with E-state index in [4.69, 9.17) is 9.47 Å². The van der Waals surface area contributed by atoms with Gasteiger partial charge in [0.2, 0.25) is 0 Å². The number of cyclic esters (lactones) is 1. The highest BCUT2D eigenvalue weighted by Gasteiger charge is 2.33. The second-order valence-electron chi connectivity index (χ2n) is 7.17. The lowest BCUT2D eigenvalue weighted by molar-refractivity contribution is -0.140. The van der Waals surface area contributed by atoms with Crippen molar-refractivity contribution >= 4 is 17.9 Å². The van der Waals surface area contributed by atoms with Crippen molar-refractivity contribution in [2.75, 3.05) is 7.11 Å². The van der Waals surface area contributed by atoms with Crippen LogP contribution in [-0.2, 0) is 27.3 Å². The molecule has 1 N–H and O–H groups in total.